The molecule has 7 heteroatoms. The van der Waals surface area contributed by atoms with Gasteiger partial charge in [-0.15, -0.1) is 0 Å². The third kappa shape index (κ3) is 4.47. The van der Waals surface area contributed by atoms with Crippen molar-refractivity contribution in [3.8, 4) is 0 Å². The van der Waals surface area contributed by atoms with Crippen molar-refractivity contribution in [2.24, 2.45) is 0 Å². The highest BCUT2D eigenvalue weighted by Gasteiger charge is 2.19. The molecule has 1 heterocycles. The van der Waals surface area contributed by atoms with E-state index in [0.29, 0.717) is 13.0 Å². The average Bonchev–Trinajstić information content (AvgIpc) is 2.13. The molecule has 0 saturated carbocycles. The summed E-state index contributed by atoms with van der Waals surface area (Å²) < 4.78 is 0. The van der Waals surface area contributed by atoms with Crippen molar-refractivity contribution in [2.45, 2.75) is 32.3 Å². The van der Waals surface area contributed by atoms with Crippen molar-refractivity contribution in [3.63, 3.8) is 0 Å². The second kappa shape index (κ2) is 5.61. The highest BCUT2D eigenvalue weighted by atomic mass is 35.5. The van der Waals surface area contributed by atoms with E-state index in [1.807, 2.05) is 6.92 Å². The van der Waals surface area contributed by atoms with Crippen molar-refractivity contribution >= 4 is 29.2 Å². The van der Waals surface area contributed by atoms with E-state index in [4.69, 9.17) is 23.2 Å². The lowest BCUT2D eigenvalue weighted by molar-refractivity contribution is 0.0635. The largest absolute Gasteiger partial charge is 0.388 e. The molecule has 90 valence electrons. The van der Waals surface area contributed by atoms with Crippen LogP contribution in [-0.4, -0.2) is 32.2 Å². The molecule has 0 aliphatic carbocycles. The van der Waals surface area contributed by atoms with Crippen LogP contribution in [0.3, 0.4) is 0 Å². The smallest absolute Gasteiger partial charge is 0.228 e. The summed E-state index contributed by atoms with van der Waals surface area (Å²) in [6, 6.07) is 0. The predicted octanol–water partition coefficient (Wildman–Crippen LogP) is 2.14. The Balaban J connectivity index is 2.60. The molecular weight excluding hydrogens is 251 g/mol. The lowest BCUT2D eigenvalue weighted by Crippen LogP contribution is -2.33. The highest BCUT2D eigenvalue weighted by molar-refractivity contribution is 6.31. The van der Waals surface area contributed by atoms with Gasteiger partial charge in [-0.05, 0) is 36.5 Å². The molecule has 1 aromatic heterocycles. The maximum absolute atomic E-state index is 9.91. The maximum Gasteiger partial charge on any atom is 0.228 e. The number of anilines is 1. The zero-order valence-corrected chi connectivity index (χ0v) is 10.7. The van der Waals surface area contributed by atoms with Gasteiger partial charge in [0, 0.05) is 6.54 Å². The quantitative estimate of drug-likeness (QED) is 0.853. The summed E-state index contributed by atoms with van der Waals surface area (Å²) in [4.78, 5) is 11.3. The van der Waals surface area contributed by atoms with E-state index >= 15 is 0 Å². The van der Waals surface area contributed by atoms with Crippen LogP contribution in [0, 0.1) is 0 Å². The van der Waals surface area contributed by atoms with Crippen LogP contribution in [0.25, 0.3) is 0 Å². The molecule has 1 rings (SSSR count). The summed E-state index contributed by atoms with van der Waals surface area (Å²) in [5.41, 5.74) is -0.805. The molecule has 0 amide bonds. The second-order valence-electron chi connectivity index (χ2n) is 3.80. The zero-order valence-electron chi connectivity index (χ0n) is 9.17. The summed E-state index contributed by atoms with van der Waals surface area (Å²) in [6.45, 7) is 4.08. The van der Waals surface area contributed by atoms with Gasteiger partial charge in [-0.1, -0.05) is 13.3 Å². The van der Waals surface area contributed by atoms with Crippen molar-refractivity contribution in [3.05, 3.63) is 10.6 Å². The van der Waals surface area contributed by atoms with Crippen LogP contribution in [0.2, 0.25) is 10.6 Å². The van der Waals surface area contributed by atoms with Gasteiger partial charge in [-0.2, -0.15) is 15.0 Å². The van der Waals surface area contributed by atoms with Gasteiger partial charge >= 0.3 is 0 Å². The van der Waals surface area contributed by atoms with Crippen LogP contribution >= 0.6 is 23.2 Å². The predicted molar refractivity (Wildman–Crippen MR) is 63.9 cm³/mol. The first-order chi connectivity index (χ1) is 7.43. The molecule has 16 heavy (non-hydrogen) atoms. The third-order valence-corrected chi connectivity index (χ3v) is 2.33. The van der Waals surface area contributed by atoms with Gasteiger partial charge in [0.05, 0.1) is 5.60 Å². The Labute approximate surface area is 104 Å². The van der Waals surface area contributed by atoms with E-state index in [9.17, 15) is 5.11 Å². The number of aliphatic hydroxyl groups is 1. The van der Waals surface area contributed by atoms with Crippen molar-refractivity contribution in [1.82, 2.24) is 15.0 Å². The van der Waals surface area contributed by atoms with Gasteiger partial charge in [-0.3, -0.25) is 0 Å². The van der Waals surface area contributed by atoms with Crippen LogP contribution in [0.5, 0.6) is 0 Å². The third-order valence-electron chi connectivity index (χ3n) is 2.00. The number of halogens is 2. The van der Waals surface area contributed by atoms with Gasteiger partial charge in [-0.25, -0.2) is 0 Å². The molecular formula is C9H14Cl2N4O. The Morgan fingerprint density at radius 2 is 1.81 bits per heavy atom. The SMILES string of the molecule is CCCC(C)(O)CNc1nc(Cl)nc(Cl)n1. The number of hydrogen-bond acceptors (Lipinski definition) is 5. The Morgan fingerprint density at radius 3 is 2.31 bits per heavy atom. The minimum Gasteiger partial charge on any atom is -0.388 e. The molecule has 0 aliphatic rings. The van der Waals surface area contributed by atoms with Crippen molar-refractivity contribution in [2.75, 3.05) is 11.9 Å². The minimum atomic E-state index is -0.805. The molecule has 2 N–H and O–H groups in total. The van der Waals surface area contributed by atoms with E-state index in [1.165, 1.54) is 0 Å². The molecule has 0 aliphatic heterocycles. The van der Waals surface area contributed by atoms with E-state index in [0.717, 1.165) is 6.42 Å². The van der Waals surface area contributed by atoms with Crippen molar-refractivity contribution < 1.29 is 5.11 Å². The summed E-state index contributed by atoms with van der Waals surface area (Å²) in [5.74, 6) is 0.265. The minimum absolute atomic E-state index is 0.0256. The van der Waals surface area contributed by atoms with Gasteiger partial charge in [0.25, 0.3) is 0 Å². The first-order valence-electron chi connectivity index (χ1n) is 4.96. The molecule has 1 aromatic rings. The Kier molecular flexibility index (Phi) is 4.70. The van der Waals surface area contributed by atoms with Gasteiger partial charge in [0.2, 0.25) is 16.5 Å². The molecule has 0 saturated heterocycles. The second-order valence-corrected chi connectivity index (χ2v) is 4.47. The first kappa shape index (κ1) is 13.4. The molecule has 0 fully saturated rings. The molecule has 0 spiro atoms. The van der Waals surface area contributed by atoms with E-state index in [1.54, 1.807) is 6.92 Å². The van der Waals surface area contributed by atoms with Crippen molar-refractivity contribution in [1.29, 1.82) is 0 Å². The van der Waals surface area contributed by atoms with Gasteiger partial charge in [0.1, 0.15) is 0 Å². The van der Waals surface area contributed by atoms with Crippen LogP contribution in [0.1, 0.15) is 26.7 Å². The fourth-order valence-corrected chi connectivity index (χ4v) is 1.66. The summed E-state index contributed by atoms with van der Waals surface area (Å²) in [7, 11) is 0. The number of hydrogen-bond donors (Lipinski definition) is 2. The van der Waals surface area contributed by atoms with Crippen LogP contribution in [0.15, 0.2) is 0 Å². The number of nitrogens with zero attached hydrogens (tertiary/aromatic N) is 3. The standard InChI is InChI=1S/C9H14Cl2N4O/c1-3-4-9(2,16)5-12-8-14-6(10)13-7(11)15-8/h16H,3-5H2,1-2H3,(H,12,13,14,15). The van der Waals surface area contributed by atoms with E-state index in [2.05, 4.69) is 20.3 Å². The fourth-order valence-electron chi connectivity index (χ4n) is 1.30. The molecule has 5 nitrogen and oxygen atoms in total. The monoisotopic (exact) mass is 264 g/mol. The first-order valence-corrected chi connectivity index (χ1v) is 5.72. The number of rotatable bonds is 5. The number of nitrogens with one attached hydrogen (secondary N) is 1. The molecule has 0 radical (unpaired) electrons. The maximum atomic E-state index is 9.91. The lowest BCUT2D eigenvalue weighted by Gasteiger charge is -2.22. The summed E-state index contributed by atoms with van der Waals surface area (Å²) >= 11 is 11.2. The topological polar surface area (TPSA) is 70.9 Å². The number of aromatic nitrogens is 3. The van der Waals surface area contributed by atoms with E-state index < -0.39 is 5.60 Å². The molecule has 0 bridgehead atoms. The highest BCUT2D eigenvalue weighted by Crippen LogP contribution is 2.14. The Bertz CT molecular complexity index is 339. The molecule has 1 unspecified atom stereocenters. The Hall–Kier alpha value is -0.650. The van der Waals surface area contributed by atoms with E-state index in [-0.39, 0.29) is 16.5 Å². The van der Waals surface area contributed by atoms with Gasteiger partial charge < -0.3 is 10.4 Å². The zero-order chi connectivity index (χ0) is 12.2. The van der Waals surface area contributed by atoms with Crippen LogP contribution in [-0.2, 0) is 0 Å². The molecule has 0 aromatic carbocycles. The summed E-state index contributed by atoms with van der Waals surface area (Å²) in [6.07, 6.45) is 1.58. The lowest BCUT2D eigenvalue weighted by atomic mass is 10.0. The van der Waals surface area contributed by atoms with Crippen LogP contribution in [0.4, 0.5) is 5.95 Å². The summed E-state index contributed by atoms with van der Waals surface area (Å²) in [5, 5.41) is 12.8. The normalized spacial score (nSPS) is 14.6. The van der Waals surface area contributed by atoms with Gasteiger partial charge in [0.15, 0.2) is 0 Å². The average molecular weight is 265 g/mol. The molecule has 1 atom stereocenters. The Morgan fingerprint density at radius 1 is 1.25 bits per heavy atom. The van der Waals surface area contributed by atoms with Crippen LogP contribution < -0.4 is 5.32 Å². The fraction of sp³-hybridized carbons (Fsp3) is 0.667.